The lowest BCUT2D eigenvalue weighted by Gasteiger charge is -2.30. The van der Waals surface area contributed by atoms with Gasteiger partial charge in [0.1, 0.15) is 5.92 Å². The topological polar surface area (TPSA) is 100 Å². The van der Waals surface area contributed by atoms with Crippen LogP contribution in [-0.4, -0.2) is 43.3 Å². The summed E-state index contributed by atoms with van der Waals surface area (Å²) >= 11 is 0. The molecule has 3 aliphatic rings. The summed E-state index contributed by atoms with van der Waals surface area (Å²) in [5.41, 5.74) is 0. The highest BCUT2D eigenvalue weighted by atomic mass is 16.6. The maximum atomic E-state index is 12.2. The number of rotatable bonds is 11. The van der Waals surface area contributed by atoms with Crippen molar-refractivity contribution in [2.75, 3.05) is 13.2 Å². The molecule has 0 spiro atoms. The zero-order chi connectivity index (χ0) is 17.8. The lowest BCUT2D eigenvalue weighted by atomic mass is 9.78. The van der Waals surface area contributed by atoms with Crippen LogP contribution in [0, 0.1) is 17.8 Å². The van der Waals surface area contributed by atoms with Gasteiger partial charge in [0.05, 0.1) is 25.4 Å². The van der Waals surface area contributed by atoms with Crippen LogP contribution >= 0.6 is 0 Å². The van der Waals surface area contributed by atoms with Crippen LogP contribution in [0.1, 0.15) is 51.9 Å². The van der Waals surface area contributed by atoms with Crippen molar-refractivity contribution in [3.8, 4) is 0 Å². The highest BCUT2D eigenvalue weighted by molar-refractivity contribution is 6.16. The average molecular weight is 352 g/mol. The van der Waals surface area contributed by atoms with Crippen molar-refractivity contribution in [3.63, 3.8) is 0 Å². The Kier molecular flexibility index (Phi) is 6.06. The fourth-order valence-electron chi connectivity index (χ4n) is 3.78. The zero-order valence-electron chi connectivity index (χ0n) is 14.8. The molecule has 0 radical (unpaired) electrons. The Balaban J connectivity index is 1.53. The Labute approximate surface area is 148 Å². The highest BCUT2D eigenvalue weighted by Gasteiger charge is 2.40. The number of ether oxygens (including phenoxy) is 2. The Morgan fingerprint density at radius 2 is 1.48 bits per heavy atom. The van der Waals surface area contributed by atoms with Gasteiger partial charge in [0.2, 0.25) is 11.8 Å². The lowest BCUT2D eigenvalue weighted by Crippen LogP contribution is -2.57. The minimum absolute atomic E-state index is 0.0426. The predicted molar refractivity (Wildman–Crippen MR) is 89.6 cm³/mol. The van der Waals surface area contributed by atoms with E-state index < -0.39 is 23.8 Å². The van der Waals surface area contributed by atoms with Gasteiger partial charge in [-0.05, 0) is 37.5 Å². The Morgan fingerprint density at radius 1 is 0.960 bits per heavy atom. The number of amides is 4. The van der Waals surface area contributed by atoms with Gasteiger partial charge in [0, 0.05) is 0 Å². The molecular weight excluding hydrogens is 324 g/mol. The maximum Gasteiger partial charge on any atom is 0.328 e. The van der Waals surface area contributed by atoms with Crippen LogP contribution in [0.3, 0.4) is 0 Å². The van der Waals surface area contributed by atoms with Crippen LogP contribution in [-0.2, 0) is 19.1 Å². The summed E-state index contributed by atoms with van der Waals surface area (Å²) < 4.78 is 10.5. The molecular formula is C18H28N2O5. The van der Waals surface area contributed by atoms with Crippen molar-refractivity contribution in [2.45, 2.75) is 64.1 Å². The minimum atomic E-state index is -0.771. The van der Waals surface area contributed by atoms with Gasteiger partial charge in [-0.2, -0.15) is 0 Å². The van der Waals surface area contributed by atoms with E-state index in [-0.39, 0.29) is 5.92 Å². The largest absolute Gasteiger partial charge is 0.373 e. The normalized spacial score (nSPS) is 28.3. The van der Waals surface area contributed by atoms with Crippen LogP contribution in [0.15, 0.2) is 0 Å². The van der Waals surface area contributed by atoms with Crippen LogP contribution in [0.25, 0.3) is 0 Å². The third kappa shape index (κ3) is 5.78. The van der Waals surface area contributed by atoms with E-state index in [4.69, 9.17) is 9.47 Å². The summed E-state index contributed by atoms with van der Waals surface area (Å²) in [7, 11) is 0. The van der Waals surface area contributed by atoms with Crippen LogP contribution in [0.2, 0.25) is 0 Å². The van der Waals surface area contributed by atoms with Gasteiger partial charge in [-0.1, -0.05) is 26.2 Å². The molecule has 3 heterocycles. The van der Waals surface area contributed by atoms with Crippen molar-refractivity contribution in [1.29, 1.82) is 0 Å². The van der Waals surface area contributed by atoms with Crippen molar-refractivity contribution < 1.29 is 23.9 Å². The summed E-state index contributed by atoms with van der Waals surface area (Å²) in [4.78, 5) is 35.8. The van der Waals surface area contributed by atoms with E-state index in [9.17, 15) is 14.4 Å². The molecule has 4 atom stereocenters. The number of nitrogens with one attached hydrogen (secondary N) is 2. The SMILES string of the molecule is CC(CCCC1CO1)CC(CCCC1CO1)C1C(=O)NC(=O)NC1=O. The lowest BCUT2D eigenvalue weighted by molar-refractivity contribution is -0.138. The number of epoxide rings is 2. The summed E-state index contributed by atoms with van der Waals surface area (Å²) in [5, 5.41) is 4.48. The van der Waals surface area contributed by atoms with E-state index in [2.05, 4.69) is 17.6 Å². The van der Waals surface area contributed by atoms with Crippen molar-refractivity contribution >= 4 is 17.8 Å². The van der Waals surface area contributed by atoms with Crippen LogP contribution in [0.5, 0.6) is 0 Å². The number of barbiturate groups is 1. The predicted octanol–water partition coefficient (Wildman–Crippen LogP) is 1.75. The molecule has 3 aliphatic heterocycles. The molecule has 0 aromatic carbocycles. The molecule has 0 bridgehead atoms. The molecule has 0 saturated carbocycles. The fraction of sp³-hybridized carbons (Fsp3) is 0.833. The van der Waals surface area contributed by atoms with E-state index in [0.717, 1.165) is 58.2 Å². The first-order valence-electron chi connectivity index (χ1n) is 9.42. The van der Waals surface area contributed by atoms with Crippen LogP contribution < -0.4 is 10.6 Å². The summed E-state index contributed by atoms with van der Waals surface area (Å²) in [6.45, 7) is 3.88. The number of hydrogen-bond donors (Lipinski definition) is 2. The van der Waals surface area contributed by atoms with Gasteiger partial charge >= 0.3 is 6.03 Å². The second kappa shape index (κ2) is 8.27. The standard InChI is InChI=1S/C18H28N2O5/c1-11(4-2-6-13-9-24-13)8-12(5-3-7-14-10-25-14)15-16(21)19-18(23)20-17(15)22/h11-15H,2-10H2,1H3,(H2,19,20,21,22,23). The first-order valence-corrected chi connectivity index (χ1v) is 9.42. The molecule has 0 aliphatic carbocycles. The molecule has 3 saturated heterocycles. The molecule has 3 fully saturated rings. The smallest absolute Gasteiger partial charge is 0.328 e. The third-order valence-corrected chi connectivity index (χ3v) is 5.34. The van der Waals surface area contributed by atoms with Crippen molar-refractivity contribution in [3.05, 3.63) is 0 Å². The summed E-state index contributed by atoms with van der Waals surface area (Å²) in [6.07, 6.45) is 7.59. The Morgan fingerprint density at radius 3 is 2.00 bits per heavy atom. The summed E-state index contributed by atoms with van der Waals surface area (Å²) in [5.74, 6) is -1.30. The van der Waals surface area contributed by atoms with Crippen LogP contribution in [0.4, 0.5) is 4.79 Å². The van der Waals surface area contributed by atoms with Gasteiger partial charge in [-0.3, -0.25) is 20.2 Å². The summed E-state index contributed by atoms with van der Waals surface area (Å²) in [6, 6.07) is -0.714. The Bertz CT molecular complexity index is 496. The molecule has 25 heavy (non-hydrogen) atoms. The van der Waals surface area contributed by atoms with Crippen molar-refractivity contribution in [2.24, 2.45) is 17.8 Å². The quantitative estimate of drug-likeness (QED) is 0.436. The molecule has 3 rings (SSSR count). The number of carbonyl (C=O) groups excluding carboxylic acids is 3. The fourth-order valence-corrected chi connectivity index (χ4v) is 3.78. The first kappa shape index (κ1) is 18.3. The third-order valence-electron chi connectivity index (χ3n) is 5.34. The number of hydrogen-bond acceptors (Lipinski definition) is 5. The van der Waals surface area contributed by atoms with Gasteiger partial charge in [-0.25, -0.2) is 4.79 Å². The molecule has 4 amide bonds. The second-order valence-corrected chi connectivity index (χ2v) is 7.66. The second-order valence-electron chi connectivity index (χ2n) is 7.66. The van der Waals surface area contributed by atoms with Gasteiger partial charge in [0.15, 0.2) is 0 Å². The molecule has 0 aromatic heterocycles. The molecule has 140 valence electrons. The van der Waals surface area contributed by atoms with E-state index in [1.165, 1.54) is 0 Å². The van der Waals surface area contributed by atoms with E-state index in [0.29, 0.717) is 18.1 Å². The number of urea groups is 1. The molecule has 7 heteroatoms. The van der Waals surface area contributed by atoms with E-state index in [1.807, 2.05) is 0 Å². The average Bonchev–Trinajstić information content (AvgIpc) is 3.41. The van der Waals surface area contributed by atoms with Gasteiger partial charge in [0.25, 0.3) is 0 Å². The molecule has 4 unspecified atom stereocenters. The number of imide groups is 2. The molecule has 7 nitrogen and oxygen atoms in total. The highest BCUT2D eigenvalue weighted by Crippen LogP contribution is 2.31. The van der Waals surface area contributed by atoms with Gasteiger partial charge < -0.3 is 9.47 Å². The number of carbonyl (C=O) groups is 3. The maximum absolute atomic E-state index is 12.2. The minimum Gasteiger partial charge on any atom is -0.373 e. The van der Waals surface area contributed by atoms with Gasteiger partial charge in [-0.15, -0.1) is 0 Å². The molecule has 2 N–H and O–H groups in total. The monoisotopic (exact) mass is 352 g/mol. The zero-order valence-corrected chi connectivity index (χ0v) is 14.8. The Hall–Kier alpha value is -1.47. The van der Waals surface area contributed by atoms with E-state index >= 15 is 0 Å². The molecule has 0 aromatic rings. The van der Waals surface area contributed by atoms with Crippen molar-refractivity contribution in [1.82, 2.24) is 10.6 Å². The van der Waals surface area contributed by atoms with E-state index in [1.54, 1.807) is 0 Å². The first-order chi connectivity index (χ1) is 12.0.